The summed E-state index contributed by atoms with van der Waals surface area (Å²) in [5.41, 5.74) is 5.06. The van der Waals surface area contributed by atoms with Gasteiger partial charge >= 0.3 is 0 Å². The molecule has 0 bridgehead atoms. The number of aromatic nitrogens is 1. The monoisotopic (exact) mass is 437 g/mol. The number of nitrogens with one attached hydrogen (secondary N) is 2. The second-order valence-corrected chi connectivity index (χ2v) is 9.31. The molecule has 3 aromatic rings. The van der Waals surface area contributed by atoms with Crippen LogP contribution in [0.5, 0.6) is 5.75 Å². The van der Waals surface area contributed by atoms with Gasteiger partial charge in [-0.1, -0.05) is 30.2 Å². The molecule has 5 heteroatoms. The molecule has 164 valence electrons. The summed E-state index contributed by atoms with van der Waals surface area (Å²) >= 11 is 6.24. The van der Waals surface area contributed by atoms with Gasteiger partial charge in [0.1, 0.15) is 5.75 Å². The molecule has 0 aliphatic carbocycles. The van der Waals surface area contributed by atoms with Crippen LogP contribution in [-0.2, 0) is 6.42 Å². The van der Waals surface area contributed by atoms with E-state index in [1.54, 1.807) is 0 Å². The van der Waals surface area contributed by atoms with Crippen molar-refractivity contribution >= 4 is 22.5 Å². The van der Waals surface area contributed by atoms with Gasteiger partial charge in [-0.15, -0.1) is 0 Å². The maximum absolute atomic E-state index is 6.24. The van der Waals surface area contributed by atoms with Gasteiger partial charge in [-0.2, -0.15) is 0 Å². The molecular formula is C26H32ClN3O. The first-order valence-electron chi connectivity index (χ1n) is 11.8. The van der Waals surface area contributed by atoms with Crippen LogP contribution in [0, 0.1) is 0 Å². The number of likely N-dealkylation sites (tertiary alicyclic amines) is 1. The van der Waals surface area contributed by atoms with Crippen LogP contribution in [-0.4, -0.2) is 42.7 Å². The van der Waals surface area contributed by atoms with Crippen LogP contribution in [0.25, 0.3) is 10.9 Å². The van der Waals surface area contributed by atoms with Crippen LogP contribution in [0.4, 0.5) is 0 Å². The lowest BCUT2D eigenvalue weighted by atomic mass is 9.94. The second kappa shape index (κ2) is 9.64. The molecule has 0 radical (unpaired) electrons. The van der Waals surface area contributed by atoms with E-state index in [-0.39, 0.29) is 6.04 Å². The van der Waals surface area contributed by atoms with E-state index in [0.717, 1.165) is 42.3 Å². The fraction of sp³-hybridized carbons (Fsp3) is 0.462. The van der Waals surface area contributed by atoms with Crippen LogP contribution >= 0.6 is 11.6 Å². The number of aromatic amines is 1. The topological polar surface area (TPSA) is 40.3 Å². The van der Waals surface area contributed by atoms with E-state index in [0.29, 0.717) is 0 Å². The molecule has 5 rings (SSSR count). The van der Waals surface area contributed by atoms with Gasteiger partial charge < -0.3 is 19.9 Å². The van der Waals surface area contributed by atoms with Crippen LogP contribution < -0.4 is 10.1 Å². The minimum Gasteiger partial charge on any atom is -0.494 e. The Morgan fingerprint density at radius 2 is 1.84 bits per heavy atom. The predicted octanol–water partition coefficient (Wildman–Crippen LogP) is 5.70. The van der Waals surface area contributed by atoms with E-state index < -0.39 is 0 Å². The molecule has 4 nitrogen and oxygen atoms in total. The third-order valence-electron chi connectivity index (χ3n) is 6.71. The fourth-order valence-electron chi connectivity index (χ4n) is 5.05. The third kappa shape index (κ3) is 4.77. The van der Waals surface area contributed by atoms with Gasteiger partial charge in [-0.3, -0.25) is 0 Å². The molecule has 3 heterocycles. The number of H-pyrrole nitrogens is 1. The lowest BCUT2D eigenvalue weighted by molar-refractivity contribution is 0.216. The summed E-state index contributed by atoms with van der Waals surface area (Å²) in [6, 6.07) is 14.9. The maximum Gasteiger partial charge on any atom is 0.119 e. The molecule has 0 amide bonds. The van der Waals surface area contributed by atoms with Gasteiger partial charge in [-0.05, 0) is 93.2 Å². The van der Waals surface area contributed by atoms with Crippen LogP contribution in [0.15, 0.2) is 42.5 Å². The molecule has 2 aliphatic rings. The molecule has 1 atom stereocenters. The van der Waals surface area contributed by atoms with Crippen molar-refractivity contribution in [2.24, 2.45) is 0 Å². The molecule has 2 aromatic carbocycles. The number of fused-ring (bicyclic) bond motifs is 3. The number of benzene rings is 2. The van der Waals surface area contributed by atoms with E-state index in [2.05, 4.69) is 51.6 Å². The van der Waals surface area contributed by atoms with E-state index in [1.165, 1.54) is 67.5 Å². The Kier molecular flexibility index (Phi) is 6.49. The van der Waals surface area contributed by atoms with Crippen LogP contribution in [0.1, 0.15) is 55.0 Å². The van der Waals surface area contributed by atoms with Crippen molar-refractivity contribution in [3.05, 3.63) is 64.3 Å². The Hall–Kier alpha value is -2.01. The number of piperidine rings is 1. The van der Waals surface area contributed by atoms with E-state index >= 15 is 0 Å². The molecule has 2 N–H and O–H groups in total. The van der Waals surface area contributed by atoms with Crippen molar-refractivity contribution in [3.8, 4) is 5.75 Å². The van der Waals surface area contributed by atoms with Gasteiger partial charge in [0.05, 0.1) is 12.6 Å². The number of nitrogens with zero attached hydrogens (tertiary/aromatic N) is 1. The van der Waals surface area contributed by atoms with Gasteiger partial charge in [0.25, 0.3) is 0 Å². The summed E-state index contributed by atoms with van der Waals surface area (Å²) in [5, 5.41) is 5.71. The molecule has 31 heavy (non-hydrogen) atoms. The largest absolute Gasteiger partial charge is 0.494 e. The van der Waals surface area contributed by atoms with E-state index in [9.17, 15) is 0 Å². The zero-order valence-corrected chi connectivity index (χ0v) is 18.9. The molecule has 2 aliphatic heterocycles. The number of unbranched alkanes of at least 4 members (excludes halogenated alkanes) is 1. The highest BCUT2D eigenvalue weighted by Crippen LogP contribution is 2.35. The summed E-state index contributed by atoms with van der Waals surface area (Å²) in [7, 11) is 0. The Balaban J connectivity index is 1.18. The zero-order valence-electron chi connectivity index (χ0n) is 18.1. The molecule has 1 fully saturated rings. The lowest BCUT2D eigenvalue weighted by Crippen LogP contribution is -2.30. The Morgan fingerprint density at radius 3 is 2.68 bits per heavy atom. The minimum absolute atomic E-state index is 0.175. The van der Waals surface area contributed by atoms with Crippen LogP contribution in [0.3, 0.4) is 0 Å². The first-order chi connectivity index (χ1) is 15.3. The Labute approximate surface area is 189 Å². The Morgan fingerprint density at radius 1 is 1.00 bits per heavy atom. The summed E-state index contributed by atoms with van der Waals surface area (Å²) in [5.74, 6) is 0.959. The smallest absolute Gasteiger partial charge is 0.119 e. The highest BCUT2D eigenvalue weighted by molar-refractivity contribution is 6.31. The van der Waals surface area contributed by atoms with Crippen molar-refractivity contribution in [2.75, 3.05) is 32.8 Å². The third-order valence-corrected chi connectivity index (χ3v) is 6.95. The van der Waals surface area contributed by atoms with Gasteiger partial charge in [0, 0.05) is 28.2 Å². The lowest BCUT2D eigenvalue weighted by Gasteiger charge is -2.26. The van der Waals surface area contributed by atoms with Gasteiger partial charge in [-0.25, -0.2) is 0 Å². The number of ether oxygens (including phenoxy) is 1. The number of rotatable bonds is 7. The average Bonchev–Trinajstić information content (AvgIpc) is 3.18. The van der Waals surface area contributed by atoms with Crippen molar-refractivity contribution in [1.82, 2.24) is 15.2 Å². The molecular weight excluding hydrogens is 406 g/mol. The first-order valence-corrected chi connectivity index (χ1v) is 12.1. The summed E-state index contributed by atoms with van der Waals surface area (Å²) in [6.07, 6.45) is 7.49. The SMILES string of the molecule is Clc1ccc2[nH]c3c(c2c1)CCNC3c1ccc(OCCCCN2CCCCC2)cc1. The van der Waals surface area contributed by atoms with Crippen molar-refractivity contribution in [3.63, 3.8) is 0 Å². The van der Waals surface area contributed by atoms with Gasteiger partial charge in [0.15, 0.2) is 0 Å². The minimum atomic E-state index is 0.175. The summed E-state index contributed by atoms with van der Waals surface area (Å²) < 4.78 is 6.01. The molecule has 1 saturated heterocycles. The number of halogens is 1. The number of hydrogen-bond acceptors (Lipinski definition) is 3. The van der Waals surface area contributed by atoms with Crippen molar-refractivity contribution in [2.45, 2.75) is 44.6 Å². The molecule has 0 spiro atoms. The summed E-state index contributed by atoms with van der Waals surface area (Å²) in [4.78, 5) is 6.22. The maximum atomic E-state index is 6.24. The first kappa shape index (κ1) is 20.9. The van der Waals surface area contributed by atoms with E-state index in [4.69, 9.17) is 16.3 Å². The Bertz CT molecular complexity index is 1010. The number of hydrogen-bond donors (Lipinski definition) is 2. The fourth-order valence-corrected chi connectivity index (χ4v) is 5.22. The van der Waals surface area contributed by atoms with Crippen molar-refractivity contribution < 1.29 is 4.74 Å². The zero-order chi connectivity index (χ0) is 21.0. The van der Waals surface area contributed by atoms with Crippen molar-refractivity contribution in [1.29, 1.82) is 0 Å². The second-order valence-electron chi connectivity index (χ2n) is 8.87. The molecule has 1 unspecified atom stereocenters. The normalized spacial score (nSPS) is 19.5. The van der Waals surface area contributed by atoms with Crippen LogP contribution in [0.2, 0.25) is 5.02 Å². The predicted molar refractivity (Wildman–Crippen MR) is 128 cm³/mol. The van der Waals surface area contributed by atoms with E-state index in [1.807, 2.05) is 6.07 Å². The van der Waals surface area contributed by atoms with Gasteiger partial charge in [0.2, 0.25) is 0 Å². The molecule has 1 aromatic heterocycles. The highest BCUT2D eigenvalue weighted by atomic mass is 35.5. The quantitative estimate of drug-likeness (QED) is 0.465. The standard InChI is InChI=1S/C26H32ClN3O/c27-20-8-11-24-23(18-20)22-12-13-28-25(26(22)29-24)19-6-9-21(10-7-19)31-17-5-4-16-30-14-2-1-3-15-30/h6-11,18,25,28-29H,1-5,12-17H2. The average molecular weight is 438 g/mol. The molecule has 0 saturated carbocycles. The summed E-state index contributed by atoms with van der Waals surface area (Å²) in [6.45, 7) is 5.53. The highest BCUT2D eigenvalue weighted by Gasteiger charge is 2.25.